The normalized spacial score (nSPS) is 11.2. The standard InChI is InChI=1S/C14H14BrN3OS2/c1-8-10-6-11(21-14(10)18(3)16-8)13(19)17(2)7-9-4-5-12(15)20-9/h4-6H,7H2,1-3H3. The number of nitrogens with zero attached hydrogens (tertiary/aromatic N) is 3. The number of aromatic nitrogens is 2. The van der Waals surface area contributed by atoms with Crippen LogP contribution in [0.15, 0.2) is 22.0 Å². The number of rotatable bonds is 3. The van der Waals surface area contributed by atoms with Crippen LogP contribution < -0.4 is 0 Å². The molecular weight excluding hydrogens is 370 g/mol. The molecule has 0 radical (unpaired) electrons. The van der Waals surface area contributed by atoms with E-state index in [0.717, 1.165) is 29.5 Å². The maximum absolute atomic E-state index is 12.5. The van der Waals surface area contributed by atoms with E-state index < -0.39 is 0 Å². The summed E-state index contributed by atoms with van der Waals surface area (Å²) in [6, 6.07) is 6.00. The van der Waals surface area contributed by atoms with Crippen LogP contribution in [0.5, 0.6) is 0 Å². The van der Waals surface area contributed by atoms with Crippen molar-refractivity contribution in [1.29, 1.82) is 0 Å². The van der Waals surface area contributed by atoms with Gasteiger partial charge in [-0.15, -0.1) is 22.7 Å². The van der Waals surface area contributed by atoms with Gasteiger partial charge in [0.1, 0.15) is 4.83 Å². The van der Waals surface area contributed by atoms with E-state index >= 15 is 0 Å². The van der Waals surface area contributed by atoms with Crippen molar-refractivity contribution in [1.82, 2.24) is 14.7 Å². The third kappa shape index (κ3) is 2.77. The lowest BCUT2D eigenvalue weighted by Gasteiger charge is -2.14. The summed E-state index contributed by atoms with van der Waals surface area (Å²) in [5.74, 6) is 0.0557. The van der Waals surface area contributed by atoms with Gasteiger partial charge in [-0.05, 0) is 41.1 Å². The Bertz CT molecular complexity index is 783. The lowest BCUT2D eigenvalue weighted by molar-refractivity contribution is 0.0791. The van der Waals surface area contributed by atoms with E-state index in [0.29, 0.717) is 6.54 Å². The Kier molecular flexibility index (Phi) is 3.90. The predicted molar refractivity (Wildman–Crippen MR) is 91.1 cm³/mol. The van der Waals surface area contributed by atoms with Gasteiger partial charge in [-0.3, -0.25) is 9.48 Å². The quantitative estimate of drug-likeness (QED) is 0.684. The monoisotopic (exact) mass is 383 g/mol. The summed E-state index contributed by atoms with van der Waals surface area (Å²) in [4.78, 5) is 17.3. The molecule has 0 aliphatic carbocycles. The summed E-state index contributed by atoms with van der Waals surface area (Å²) >= 11 is 6.60. The highest BCUT2D eigenvalue weighted by atomic mass is 79.9. The van der Waals surface area contributed by atoms with Crippen LogP contribution in [0.3, 0.4) is 0 Å². The zero-order valence-corrected chi connectivity index (χ0v) is 15.1. The summed E-state index contributed by atoms with van der Waals surface area (Å²) in [5, 5.41) is 5.43. The van der Waals surface area contributed by atoms with Crippen LogP contribution in [0, 0.1) is 6.92 Å². The van der Waals surface area contributed by atoms with Gasteiger partial charge in [0.2, 0.25) is 0 Å². The van der Waals surface area contributed by atoms with Gasteiger partial charge in [-0.25, -0.2) is 0 Å². The van der Waals surface area contributed by atoms with Gasteiger partial charge >= 0.3 is 0 Å². The van der Waals surface area contributed by atoms with Crippen molar-refractivity contribution in [3.63, 3.8) is 0 Å². The van der Waals surface area contributed by atoms with Crippen LogP contribution in [0.4, 0.5) is 0 Å². The molecule has 4 nitrogen and oxygen atoms in total. The molecule has 0 saturated carbocycles. The number of aryl methyl sites for hydroxylation is 2. The van der Waals surface area contributed by atoms with Crippen molar-refractivity contribution in [2.24, 2.45) is 7.05 Å². The molecule has 0 bridgehead atoms. The van der Waals surface area contributed by atoms with Gasteiger partial charge in [0.05, 0.1) is 20.9 Å². The fourth-order valence-electron chi connectivity index (χ4n) is 2.24. The van der Waals surface area contributed by atoms with E-state index in [-0.39, 0.29) is 5.91 Å². The average Bonchev–Trinajstić information content (AvgIpc) is 3.09. The van der Waals surface area contributed by atoms with Gasteiger partial charge < -0.3 is 4.90 Å². The fraction of sp³-hybridized carbons (Fsp3) is 0.286. The average molecular weight is 384 g/mol. The van der Waals surface area contributed by atoms with Crippen molar-refractivity contribution in [3.8, 4) is 0 Å². The van der Waals surface area contributed by atoms with Crippen LogP contribution >= 0.6 is 38.6 Å². The number of hydrogen-bond acceptors (Lipinski definition) is 4. The Morgan fingerprint density at radius 2 is 2.19 bits per heavy atom. The van der Waals surface area contributed by atoms with Crippen LogP contribution in [0.1, 0.15) is 20.2 Å². The molecule has 21 heavy (non-hydrogen) atoms. The summed E-state index contributed by atoms with van der Waals surface area (Å²) in [5.41, 5.74) is 0.965. The number of amides is 1. The van der Waals surface area contributed by atoms with E-state index in [1.165, 1.54) is 11.3 Å². The van der Waals surface area contributed by atoms with E-state index in [2.05, 4.69) is 21.0 Å². The SMILES string of the molecule is Cc1nn(C)c2sc(C(=O)N(C)Cc3ccc(Br)s3)cc12. The third-order valence-electron chi connectivity index (χ3n) is 3.28. The molecule has 0 spiro atoms. The zero-order chi connectivity index (χ0) is 15.1. The molecule has 7 heteroatoms. The summed E-state index contributed by atoms with van der Waals surface area (Å²) in [7, 11) is 3.75. The van der Waals surface area contributed by atoms with Crippen molar-refractivity contribution < 1.29 is 4.79 Å². The second-order valence-electron chi connectivity index (χ2n) is 4.91. The summed E-state index contributed by atoms with van der Waals surface area (Å²) in [6.07, 6.45) is 0. The van der Waals surface area contributed by atoms with Crippen LogP contribution in [-0.2, 0) is 13.6 Å². The molecule has 0 N–H and O–H groups in total. The molecule has 0 saturated heterocycles. The molecule has 3 heterocycles. The molecular formula is C14H14BrN3OS2. The van der Waals surface area contributed by atoms with E-state index in [1.807, 2.05) is 43.9 Å². The Balaban J connectivity index is 1.84. The van der Waals surface area contributed by atoms with Crippen LogP contribution in [0.2, 0.25) is 0 Å². The Morgan fingerprint density at radius 3 is 2.81 bits per heavy atom. The minimum absolute atomic E-state index is 0.0557. The first kappa shape index (κ1) is 14.7. The van der Waals surface area contributed by atoms with Gasteiger partial charge in [-0.2, -0.15) is 5.10 Å². The van der Waals surface area contributed by atoms with Gasteiger partial charge in [0, 0.05) is 24.4 Å². The predicted octanol–water partition coefficient (Wildman–Crippen LogP) is 4.04. The number of fused-ring (bicyclic) bond motifs is 1. The third-order valence-corrected chi connectivity index (χ3v) is 6.07. The first-order valence-corrected chi connectivity index (χ1v) is 8.81. The van der Waals surface area contributed by atoms with Gasteiger partial charge in [-0.1, -0.05) is 0 Å². The molecule has 0 aromatic carbocycles. The molecule has 0 unspecified atom stereocenters. The highest BCUT2D eigenvalue weighted by Crippen LogP contribution is 2.29. The minimum atomic E-state index is 0.0557. The number of thiophene rings is 2. The lowest BCUT2D eigenvalue weighted by atomic mass is 10.3. The molecule has 0 fully saturated rings. The van der Waals surface area contributed by atoms with Gasteiger partial charge in [0.15, 0.2) is 0 Å². The molecule has 0 aliphatic rings. The van der Waals surface area contributed by atoms with Crippen LogP contribution in [0.25, 0.3) is 10.2 Å². The fourth-order valence-corrected chi connectivity index (χ4v) is 4.90. The number of hydrogen-bond donors (Lipinski definition) is 0. The second-order valence-corrected chi connectivity index (χ2v) is 8.48. The largest absolute Gasteiger partial charge is 0.336 e. The highest BCUT2D eigenvalue weighted by Gasteiger charge is 2.18. The Hall–Kier alpha value is -1.18. The van der Waals surface area contributed by atoms with E-state index in [1.54, 1.807) is 16.2 Å². The molecule has 3 aromatic heterocycles. The number of carbonyl (C=O) groups excluding carboxylic acids is 1. The summed E-state index contributed by atoms with van der Waals surface area (Å²) in [6.45, 7) is 2.59. The first-order valence-electron chi connectivity index (χ1n) is 6.38. The molecule has 0 aliphatic heterocycles. The van der Waals surface area contributed by atoms with Crippen molar-refractivity contribution >= 4 is 54.7 Å². The second kappa shape index (κ2) is 5.55. The van der Waals surface area contributed by atoms with Crippen LogP contribution in [-0.4, -0.2) is 27.6 Å². The molecule has 3 rings (SSSR count). The lowest BCUT2D eigenvalue weighted by Crippen LogP contribution is -2.24. The topological polar surface area (TPSA) is 38.1 Å². The van der Waals surface area contributed by atoms with Crippen molar-refractivity contribution in [3.05, 3.63) is 37.4 Å². The maximum atomic E-state index is 12.5. The van der Waals surface area contributed by atoms with Gasteiger partial charge in [0.25, 0.3) is 5.91 Å². The molecule has 0 atom stereocenters. The zero-order valence-electron chi connectivity index (χ0n) is 11.9. The number of halogens is 1. The number of carbonyl (C=O) groups is 1. The molecule has 1 amide bonds. The Labute approximate surface area is 139 Å². The highest BCUT2D eigenvalue weighted by molar-refractivity contribution is 9.11. The summed E-state index contributed by atoms with van der Waals surface area (Å²) < 4.78 is 2.92. The van der Waals surface area contributed by atoms with E-state index in [9.17, 15) is 4.79 Å². The van der Waals surface area contributed by atoms with Crippen molar-refractivity contribution in [2.75, 3.05) is 7.05 Å². The maximum Gasteiger partial charge on any atom is 0.264 e. The van der Waals surface area contributed by atoms with Crippen molar-refractivity contribution in [2.45, 2.75) is 13.5 Å². The Morgan fingerprint density at radius 1 is 1.43 bits per heavy atom. The minimum Gasteiger partial charge on any atom is -0.336 e. The molecule has 3 aromatic rings. The molecule has 110 valence electrons. The first-order chi connectivity index (χ1) is 9.95. The van der Waals surface area contributed by atoms with E-state index in [4.69, 9.17) is 0 Å². The smallest absolute Gasteiger partial charge is 0.264 e.